The molecule has 4 aromatic heterocycles. The number of aromatic amines is 1. The van der Waals surface area contributed by atoms with Gasteiger partial charge >= 0.3 is 0 Å². The van der Waals surface area contributed by atoms with E-state index in [4.69, 9.17) is 9.47 Å². The highest BCUT2D eigenvalue weighted by Crippen LogP contribution is 2.40. The van der Waals surface area contributed by atoms with Crippen molar-refractivity contribution >= 4 is 34.1 Å². The van der Waals surface area contributed by atoms with Gasteiger partial charge in [0.05, 0.1) is 38.2 Å². The van der Waals surface area contributed by atoms with Crippen molar-refractivity contribution < 1.29 is 27.8 Å². The summed E-state index contributed by atoms with van der Waals surface area (Å²) < 4.78 is 43.6. The van der Waals surface area contributed by atoms with Crippen molar-refractivity contribution in [2.45, 2.75) is 39.7 Å². The molecule has 1 saturated heterocycles. The minimum absolute atomic E-state index is 0.0625. The van der Waals surface area contributed by atoms with Gasteiger partial charge in [0.2, 0.25) is 11.8 Å². The summed E-state index contributed by atoms with van der Waals surface area (Å²) in [6, 6.07) is 6.71. The third kappa shape index (κ3) is 7.41. The highest BCUT2D eigenvalue weighted by molar-refractivity contribution is 6.05. The predicted octanol–water partition coefficient (Wildman–Crippen LogP) is 5.27. The van der Waals surface area contributed by atoms with Crippen molar-refractivity contribution in [1.29, 1.82) is 0 Å². The number of methoxy groups -OCH3 is 1. The van der Waals surface area contributed by atoms with Gasteiger partial charge in [-0.15, -0.1) is 5.10 Å². The first-order valence-corrected chi connectivity index (χ1v) is 17.7. The topological polar surface area (TPSA) is 135 Å². The molecule has 2 aliphatic heterocycles. The van der Waals surface area contributed by atoms with Crippen LogP contribution in [0.3, 0.4) is 0 Å². The van der Waals surface area contributed by atoms with Crippen LogP contribution in [0, 0.1) is 18.6 Å². The Bertz CT molecular complexity index is 2160. The van der Waals surface area contributed by atoms with Crippen LogP contribution >= 0.6 is 0 Å². The number of H-pyrrole nitrogens is 1. The molecule has 276 valence electrons. The maximum Gasteiger partial charge on any atom is 0.270 e. The van der Waals surface area contributed by atoms with Gasteiger partial charge in [-0.3, -0.25) is 14.3 Å². The van der Waals surface area contributed by atoms with Gasteiger partial charge in [0.25, 0.3) is 5.91 Å². The van der Waals surface area contributed by atoms with Gasteiger partial charge in [0.15, 0.2) is 17.4 Å². The number of aryl methyl sites for hydroxylation is 2. The number of hydrogen-bond donors (Lipinski definition) is 1. The van der Waals surface area contributed by atoms with Gasteiger partial charge in [0.1, 0.15) is 11.5 Å². The summed E-state index contributed by atoms with van der Waals surface area (Å²) in [5, 5.41) is 8.26. The Kier molecular flexibility index (Phi) is 10.3. The number of benzene rings is 1. The van der Waals surface area contributed by atoms with Crippen molar-refractivity contribution in [3.8, 4) is 22.8 Å². The number of anilines is 1. The Morgan fingerprint density at radius 2 is 1.79 bits per heavy atom. The van der Waals surface area contributed by atoms with Crippen molar-refractivity contribution in [3.05, 3.63) is 83.6 Å². The first-order valence-electron chi connectivity index (χ1n) is 17.7. The Labute approximate surface area is 305 Å². The first-order chi connectivity index (χ1) is 25.7. The number of carbonyl (C=O) groups is 2. The molecule has 1 N–H and O–H groups in total. The van der Waals surface area contributed by atoms with Crippen molar-refractivity contribution in [3.63, 3.8) is 0 Å². The molecule has 1 aromatic carbocycles. The van der Waals surface area contributed by atoms with Gasteiger partial charge in [-0.1, -0.05) is 18.2 Å². The van der Waals surface area contributed by atoms with E-state index in [1.165, 1.54) is 13.2 Å². The van der Waals surface area contributed by atoms with Crippen LogP contribution in [0.15, 0.2) is 55.1 Å². The number of rotatable bonds is 11. The summed E-state index contributed by atoms with van der Waals surface area (Å²) in [5.41, 5.74) is 3.64. The number of hydrogen-bond acceptors (Lipinski definition) is 9. The third-order valence-corrected chi connectivity index (χ3v) is 9.57. The van der Waals surface area contributed by atoms with Gasteiger partial charge < -0.3 is 29.2 Å². The minimum atomic E-state index is -0.512. The van der Waals surface area contributed by atoms with Crippen LogP contribution in [0.4, 0.5) is 14.6 Å². The summed E-state index contributed by atoms with van der Waals surface area (Å²) in [7, 11) is 1.46. The van der Waals surface area contributed by atoms with Gasteiger partial charge in [-0.05, 0) is 54.7 Å². The predicted molar refractivity (Wildman–Crippen MR) is 195 cm³/mol. The maximum absolute atomic E-state index is 16.8. The Morgan fingerprint density at radius 1 is 0.962 bits per heavy atom. The number of piperazine rings is 1. The SMILES string of the molecule is CCCOc1ncc(C)cc1-c1cc(C2=CCCN(C(=O)CCn3ccnn3)C2)c(F)c2[nH]c(C(=O)N3CCN(c4ncc(F)cc4OC)CC3)cc12. The van der Waals surface area contributed by atoms with Crippen LogP contribution in [-0.4, -0.2) is 105 Å². The van der Waals surface area contributed by atoms with E-state index in [0.29, 0.717) is 97.4 Å². The maximum atomic E-state index is 16.8. The molecular formula is C38H41F2N9O4. The van der Waals surface area contributed by atoms with Crippen molar-refractivity contribution in [2.75, 3.05) is 57.9 Å². The summed E-state index contributed by atoms with van der Waals surface area (Å²) in [6.07, 6.45) is 9.68. The lowest BCUT2D eigenvalue weighted by atomic mass is 9.93. The van der Waals surface area contributed by atoms with E-state index in [2.05, 4.69) is 25.3 Å². The smallest absolute Gasteiger partial charge is 0.270 e. The summed E-state index contributed by atoms with van der Waals surface area (Å²) >= 11 is 0. The molecule has 0 aliphatic carbocycles. The number of pyridine rings is 2. The summed E-state index contributed by atoms with van der Waals surface area (Å²) in [5.74, 6) is -0.116. The molecule has 53 heavy (non-hydrogen) atoms. The average molecular weight is 726 g/mol. The van der Waals surface area contributed by atoms with Crippen molar-refractivity contribution in [2.24, 2.45) is 0 Å². The fourth-order valence-electron chi connectivity index (χ4n) is 6.86. The molecule has 2 amide bonds. The van der Waals surface area contributed by atoms with E-state index in [-0.39, 0.29) is 36.0 Å². The van der Waals surface area contributed by atoms with Gasteiger partial charge in [0, 0.05) is 80.7 Å². The molecular weight excluding hydrogens is 684 g/mol. The minimum Gasteiger partial charge on any atom is -0.493 e. The monoisotopic (exact) mass is 725 g/mol. The second kappa shape index (κ2) is 15.4. The van der Waals surface area contributed by atoms with Gasteiger partial charge in [-0.2, -0.15) is 0 Å². The second-order valence-corrected chi connectivity index (χ2v) is 13.2. The normalized spacial score (nSPS) is 14.8. The molecule has 0 atom stereocenters. The molecule has 13 nitrogen and oxygen atoms in total. The lowest BCUT2D eigenvalue weighted by molar-refractivity contribution is -0.131. The third-order valence-electron chi connectivity index (χ3n) is 9.57. The Morgan fingerprint density at radius 3 is 2.55 bits per heavy atom. The second-order valence-electron chi connectivity index (χ2n) is 13.2. The lowest BCUT2D eigenvalue weighted by Crippen LogP contribution is -2.49. The first kappa shape index (κ1) is 35.5. The van der Waals surface area contributed by atoms with Crippen LogP contribution in [0.25, 0.3) is 27.6 Å². The number of aromatic nitrogens is 6. The molecule has 2 aliphatic rings. The summed E-state index contributed by atoms with van der Waals surface area (Å²) in [4.78, 5) is 44.6. The van der Waals surface area contributed by atoms with Crippen LogP contribution < -0.4 is 14.4 Å². The Hall–Kier alpha value is -5.86. The van der Waals surface area contributed by atoms with Crippen molar-refractivity contribution in [1.82, 2.24) is 39.7 Å². The van der Waals surface area contributed by atoms with E-state index in [9.17, 15) is 14.0 Å². The molecule has 0 spiro atoms. The molecule has 7 rings (SSSR count). The Balaban J connectivity index is 1.21. The van der Waals surface area contributed by atoms with E-state index in [1.54, 1.807) is 45.2 Å². The average Bonchev–Trinajstić information content (AvgIpc) is 3.88. The fourth-order valence-corrected chi connectivity index (χ4v) is 6.86. The van der Waals surface area contributed by atoms with E-state index >= 15 is 4.39 Å². The van der Waals surface area contributed by atoms with E-state index in [1.807, 2.05) is 30.9 Å². The number of halogens is 2. The number of amides is 2. The molecule has 6 heterocycles. The summed E-state index contributed by atoms with van der Waals surface area (Å²) in [6.45, 7) is 7.14. The zero-order valence-electron chi connectivity index (χ0n) is 29.9. The van der Waals surface area contributed by atoms with Crippen LogP contribution in [-0.2, 0) is 11.3 Å². The molecule has 0 bridgehead atoms. The molecule has 5 aromatic rings. The number of nitrogens with one attached hydrogen (secondary N) is 1. The highest BCUT2D eigenvalue weighted by Gasteiger charge is 2.29. The quantitative estimate of drug-likeness (QED) is 0.193. The van der Waals surface area contributed by atoms with Crippen LogP contribution in [0.5, 0.6) is 11.6 Å². The standard InChI is InChI=1S/C38H41F2N9O4/c1-4-16-53-37-30(17-24(2)21-42-37)28-19-27(25-6-5-9-48(23-25)33(50)7-10-49-11-8-43-45-49)34(40)35-29(28)20-31(44-35)38(51)47-14-12-46(13-15-47)36-32(52-3)18-26(39)22-41-36/h6,8,11,17-22,44H,4-5,7,9-10,12-16,23H2,1-3H3. The zero-order chi connectivity index (χ0) is 37.1. The number of carbonyl (C=O) groups excluding carboxylic acids is 2. The molecule has 0 radical (unpaired) electrons. The molecule has 0 unspecified atom stereocenters. The van der Waals surface area contributed by atoms with Crippen LogP contribution in [0.1, 0.15) is 47.8 Å². The largest absolute Gasteiger partial charge is 0.493 e. The number of ether oxygens (including phenoxy) is 2. The zero-order valence-corrected chi connectivity index (χ0v) is 29.9. The highest BCUT2D eigenvalue weighted by atomic mass is 19.1. The number of fused-ring (bicyclic) bond motifs is 1. The van der Waals surface area contributed by atoms with E-state index in [0.717, 1.165) is 18.2 Å². The molecule has 15 heteroatoms. The lowest BCUT2D eigenvalue weighted by Gasteiger charge is -2.35. The number of nitrogens with zero attached hydrogens (tertiary/aromatic N) is 8. The molecule has 0 saturated carbocycles. The van der Waals surface area contributed by atoms with Gasteiger partial charge in [-0.25, -0.2) is 18.7 Å². The van der Waals surface area contributed by atoms with E-state index < -0.39 is 11.6 Å². The molecule has 1 fully saturated rings. The fraction of sp³-hybridized carbons (Fsp3) is 0.368. The van der Waals surface area contributed by atoms with Crippen LogP contribution in [0.2, 0.25) is 0 Å².